The Morgan fingerprint density at radius 3 is 2.39 bits per heavy atom. The smallest absolute Gasteiger partial charge is 0.118 e. The fraction of sp³-hybridized carbons (Fsp3) is 0.421. The number of hydrogen-bond donors (Lipinski definition) is 1. The van der Waals surface area contributed by atoms with Crippen LogP contribution in [0.2, 0.25) is 0 Å². The highest BCUT2D eigenvalue weighted by Crippen LogP contribution is 2.45. The molecule has 0 fully saturated rings. The van der Waals surface area contributed by atoms with E-state index in [9.17, 15) is 5.11 Å². The van der Waals surface area contributed by atoms with Gasteiger partial charge in [-0.25, -0.2) is 0 Å². The van der Waals surface area contributed by atoms with E-state index in [1.165, 1.54) is 0 Å². The van der Waals surface area contributed by atoms with E-state index in [1.807, 2.05) is 36.4 Å². The van der Waals surface area contributed by atoms with Crippen LogP contribution in [0.1, 0.15) is 32.8 Å². The van der Waals surface area contributed by atoms with Crippen LogP contribution < -0.4 is 4.74 Å². The molecule has 0 saturated carbocycles. The molecule has 0 aliphatic carbocycles. The summed E-state index contributed by atoms with van der Waals surface area (Å²) in [6.45, 7) is 6.32. The molecule has 0 saturated heterocycles. The molecule has 1 aromatic heterocycles. The van der Waals surface area contributed by atoms with Gasteiger partial charge in [-0.15, -0.1) is 11.8 Å². The summed E-state index contributed by atoms with van der Waals surface area (Å²) in [5.74, 6) is 1.41. The first-order chi connectivity index (χ1) is 10.9. The van der Waals surface area contributed by atoms with Crippen LogP contribution in [0.15, 0.2) is 53.7 Å². The molecule has 124 valence electrons. The second-order valence-electron chi connectivity index (χ2n) is 6.30. The van der Waals surface area contributed by atoms with Crippen LogP contribution in [0.25, 0.3) is 0 Å². The fourth-order valence-electron chi connectivity index (χ4n) is 2.43. The monoisotopic (exact) mass is 331 g/mol. The number of aromatic nitrogens is 1. The van der Waals surface area contributed by atoms with Crippen LogP contribution in [-0.2, 0) is 5.60 Å². The maximum Gasteiger partial charge on any atom is 0.118 e. The third kappa shape index (κ3) is 3.88. The average Bonchev–Trinajstić information content (AvgIpc) is 2.60. The molecule has 23 heavy (non-hydrogen) atoms. The minimum Gasteiger partial charge on any atom is -0.497 e. The molecule has 0 radical (unpaired) electrons. The van der Waals surface area contributed by atoms with Crippen LogP contribution in [0, 0.1) is 5.41 Å². The van der Waals surface area contributed by atoms with Crippen molar-refractivity contribution in [2.45, 2.75) is 37.7 Å². The lowest BCUT2D eigenvalue weighted by Gasteiger charge is -2.42. The standard InChI is InChI=1S/C19H25NO2S/c1-5-18(2,3)19(21,15-7-6-12-20-13-15)14-23-17-10-8-16(22-4)9-11-17/h6-13,21H,5,14H2,1-4H3. The Balaban J connectivity index is 2.24. The molecule has 1 N–H and O–H groups in total. The molecule has 0 amide bonds. The van der Waals surface area contributed by atoms with Gasteiger partial charge >= 0.3 is 0 Å². The van der Waals surface area contributed by atoms with Crippen molar-refractivity contribution >= 4 is 11.8 Å². The quantitative estimate of drug-likeness (QED) is 0.758. The summed E-state index contributed by atoms with van der Waals surface area (Å²) in [6, 6.07) is 11.8. The molecule has 2 aromatic rings. The summed E-state index contributed by atoms with van der Waals surface area (Å²) < 4.78 is 5.19. The van der Waals surface area contributed by atoms with Gasteiger partial charge in [0.1, 0.15) is 11.4 Å². The summed E-state index contributed by atoms with van der Waals surface area (Å²) in [5, 5.41) is 11.5. The molecule has 2 rings (SSSR count). The lowest BCUT2D eigenvalue weighted by molar-refractivity contribution is -0.0550. The van der Waals surface area contributed by atoms with Crippen molar-refractivity contribution in [1.82, 2.24) is 4.98 Å². The second-order valence-corrected chi connectivity index (χ2v) is 7.35. The van der Waals surface area contributed by atoms with E-state index in [-0.39, 0.29) is 5.41 Å². The first-order valence-corrected chi connectivity index (χ1v) is 8.81. The number of methoxy groups -OCH3 is 1. The molecule has 1 atom stereocenters. The Morgan fingerprint density at radius 2 is 1.87 bits per heavy atom. The molecule has 1 unspecified atom stereocenters. The summed E-state index contributed by atoms with van der Waals surface area (Å²) in [5.41, 5.74) is -0.330. The predicted octanol–water partition coefficient (Wildman–Crippen LogP) is 4.51. The summed E-state index contributed by atoms with van der Waals surface area (Å²) in [7, 11) is 1.66. The highest BCUT2D eigenvalue weighted by Gasteiger charge is 2.43. The van der Waals surface area contributed by atoms with Crippen molar-refractivity contribution in [2.24, 2.45) is 5.41 Å². The van der Waals surface area contributed by atoms with Crippen molar-refractivity contribution in [1.29, 1.82) is 0 Å². The number of nitrogens with zero attached hydrogens (tertiary/aromatic N) is 1. The van der Waals surface area contributed by atoms with Gasteiger partial charge in [0.25, 0.3) is 0 Å². The van der Waals surface area contributed by atoms with E-state index in [0.717, 1.165) is 22.6 Å². The SMILES string of the molecule is CCC(C)(C)C(O)(CSc1ccc(OC)cc1)c1cccnc1. The number of pyridine rings is 1. The van der Waals surface area contributed by atoms with Crippen LogP contribution in [0.4, 0.5) is 0 Å². The lowest BCUT2D eigenvalue weighted by Crippen LogP contribution is -2.44. The van der Waals surface area contributed by atoms with Gasteiger partial charge in [0.15, 0.2) is 0 Å². The van der Waals surface area contributed by atoms with Crippen molar-refractivity contribution in [3.63, 3.8) is 0 Å². The topological polar surface area (TPSA) is 42.4 Å². The minimum atomic E-state index is -0.944. The number of aliphatic hydroxyl groups is 1. The van der Waals surface area contributed by atoms with E-state index >= 15 is 0 Å². The highest BCUT2D eigenvalue weighted by atomic mass is 32.2. The van der Waals surface area contributed by atoms with Gasteiger partial charge in [-0.1, -0.05) is 26.8 Å². The first-order valence-electron chi connectivity index (χ1n) is 7.82. The van der Waals surface area contributed by atoms with Gasteiger partial charge in [0.2, 0.25) is 0 Å². The number of hydrogen-bond acceptors (Lipinski definition) is 4. The van der Waals surface area contributed by atoms with Gasteiger partial charge in [-0.05, 0) is 42.2 Å². The van der Waals surface area contributed by atoms with Crippen molar-refractivity contribution in [2.75, 3.05) is 12.9 Å². The zero-order valence-electron chi connectivity index (χ0n) is 14.2. The Morgan fingerprint density at radius 1 is 1.17 bits per heavy atom. The van der Waals surface area contributed by atoms with Gasteiger partial charge in [0, 0.05) is 28.6 Å². The molecule has 0 bridgehead atoms. The first kappa shape index (κ1) is 17.8. The van der Waals surface area contributed by atoms with Crippen molar-refractivity contribution < 1.29 is 9.84 Å². The van der Waals surface area contributed by atoms with Gasteiger partial charge < -0.3 is 9.84 Å². The van der Waals surface area contributed by atoms with Gasteiger partial charge in [-0.2, -0.15) is 0 Å². The van der Waals surface area contributed by atoms with Gasteiger partial charge in [0.05, 0.1) is 7.11 Å². The number of thioether (sulfide) groups is 1. The molecular weight excluding hydrogens is 306 g/mol. The van der Waals surface area contributed by atoms with E-state index in [1.54, 1.807) is 31.3 Å². The van der Waals surface area contributed by atoms with Crippen LogP contribution in [0.3, 0.4) is 0 Å². The largest absolute Gasteiger partial charge is 0.497 e. The Hall–Kier alpha value is -1.52. The average molecular weight is 331 g/mol. The molecule has 3 nitrogen and oxygen atoms in total. The van der Waals surface area contributed by atoms with Crippen molar-refractivity contribution in [3.05, 3.63) is 54.4 Å². The fourth-order valence-corrected chi connectivity index (χ4v) is 3.69. The van der Waals surface area contributed by atoms with Crippen molar-refractivity contribution in [3.8, 4) is 5.75 Å². The maximum atomic E-state index is 11.5. The molecular formula is C19H25NO2S. The summed E-state index contributed by atoms with van der Waals surface area (Å²) in [4.78, 5) is 5.30. The Labute approximate surface area is 143 Å². The third-order valence-corrected chi connectivity index (χ3v) is 5.82. The zero-order chi connectivity index (χ0) is 16.9. The highest BCUT2D eigenvalue weighted by molar-refractivity contribution is 7.99. The lowest BCUT2D eigenvalue weighted by atomic mass is 9.70. The van der Waals surface area contributed by atoms with E-state index < -0.39 is 5.60 Å². The molecule has 0 spiro atoms. The third-order valence-electron chi connectivity index (χ3n) is 4.65. The van der Waals surface area contributed by atoms with Crippen LogP contribution in [0.5, 0.6) is 5.75 Å². The van der Waals surface area contributed by atoms with Crippen LogP contribution >= 0.6 is 11.8 Å². The van der Waals surface area contributed by atoms with E-state index in [2.05, 4.69) is 25.8 Å². The molecule has 1 aromatic carbocycles. The van der Waals surface area contributed by atoms with E-state index in [4.69, 9.17) is 4.74 Å². The summed E-state index contributed by atoms with van der Waals surface area (Å²) in [6.07, 6.45) is 4.38. The number of rotatable bonds is 7. The number of benzene rings is 1. The van der Waals surface area contributed by atoms with Gasteiger partial charge in [-0.3, -0.25) is 4.98 Å². The second kappa shape index (κ2) is 7.37. The Bertz CT molecular complexity index is 613. The zero-order valence-corrected chi connectivity index (χ0v) is 15.1. The molecule has 1 heterocycles. The van der Waals surface area contributed by atoms with E-state index in [0.29, 0.717) is 5.75 Å². The molecule has 0 aliphatic heterocycles. The maximum absolute atomic E-state index is 11.5. The minimum absolute atomic E-state index is 0.254. The molecule has 0 aliphatic rings. The summed E-state index contributed by atoms with van der Waals surface area (Å²) >= 11 is 1.65. The Kier molecular flexibility index (Phi) is 5.71. The molecule has 4 heteroatoms. The number of ether oxygens (including phenoxy) is 1. The predicted molar refractivity (Wildman–Crippen MR) is 95.9 cm³/mol. The normalized spacial score (nSPS) is 14.3. The van der Waals surface area contributed by atoms with Crippen LogP contribution in [-0.4, -0.2) is 23.0 Å².